The summed E-state index contributed by atoms with van der Waals surface area (Å²) >= 11 is 1.89. The van der Waals surface area contributed by atoms with Crippen molar-refractivity contribution in [1.82, 2.24) is 4.57 Å². The van der Waals surface area contributed by atoms with Gasteiger partial charge in [0.1, 0.15) is 11.2 Å². The van der Waals surface area contributed by atoms with E-state index in [4.69, 9.17) is 19.8 Å². The van der Waals surface area contributed by atoms with Gasteiger partial charge in [0.2, 0.25) is 0 Å². The fourth-order valence-corrected chi connectivity index (χ4v) is 9.82. The zero-order valence-electron chi connectivity index (χ0n) is 30.8. The number of benzene rings is 7. The molecular weight excluding hydrogens is 717 g/mol. The summed E-state index contributed by atoms with van der Waals surface area (Å²) in [7, 11) is 0. The lowest BCUT2D eigenvalue weighted by atomic mass is 9.87. The Morgan fingerprint density at radius 3 is 2.09 bits per heavy atom. The van der Waals surface area contributed by atoms with Crippen molar-refractivity contribution in [3.05, 3.63) is 209 Å². The minimum Gasteiger partial charge on any atom is -0.455 e. The fourth-order valence-electron chi connectivity index (χ4n) is 8.52. The summed E-state index contributed by atoms with van der Waals surface area (Å²) in [4.78, 5) is 12.3. The molecule has 3 heterocycles. The van der Waals surface area contributed by atoms with Gasteiger partial charge in [0.15, 0.2) is 11.7 Å². The topological polar surface area (TPSA) is 66.6 Å². The third-order valence-corrected chi connectivity index (χ3v) is 12.3. The summed E-state index contributed by atoms with van der Waals surface area (Å²) in [6, 6.07) is 56.3. The molecule has 1 aliphatic carbocycles. The van der Waals surface area contributed by atoms with Crippen molar-refractivity contribution < 1.29 is 4.42 Å². The van der Waals surface area contributed by atoms with Crippen LogP contribution in [0.3, 0.4) is 0 Å². The molecule has 57 heavy (non-hydrogen) atoms. The van der Waals surface area contributed by atoms with Gasteiger partial charge in [-0.25, -0.2) is 9.98 Å². The van der Waals surface area contributed by atoms with E-state index >= 15 is 0 Å². The maximum atomic E-state index is 8.90. The van der Waals surface area contributed by atoms with Crippen LogP contribution in [0.1, 0.15) is 40.2 Å². The van der Waals surface area contributed by atoms with Crippen LogP contribution in [0.25, 0.3) is 55.0 Å². The van der Waals surface area contributed by atoms with Crippen LogP contribution in [0, 0.1) is 5.41 Å². The van der Waals surface area contributed by atoms with Gasteiger partial charge >= 0.3 is 0 Å². The number of rotatable bonds is 5. The first-order chi connectivity index (χ1) is 28.2. The largest absolute Gasteiger partial charge is 0.455 e. The molecular formula is C51H34N4OS. The van der Waals surface area contributed by atoms with E-state index in [0.717, 1.165) is 45.0 Å². The van der Waals surface area contributed by atoms with Crippen LogP contribution in [0.5, 0.6) is 0 Å². The lowest BCUT2D eigenvalue weighted by Crippen LogP contribution is -2.05. The van der Waals surface area contributed by atoms with E-state index in [1.165, 1.54) is 42.9 Å². The molecule has 0 amide bonds. The monoisotopic (exact) mass is 750 g/mol. The standard InChI is InChI=1S/C51H34N4OS/c52-50(33-16-5-2-6-17-33)54-51(53-31-32-14-3-1-4-15-32)41-23-12-22-39-38-21-11-20-35(48(38)56-49(39)41)34-28-29-40-46(30-34)57-45-27-13-26-44(47(40)45)55-42-24-9-7-18-36(42)37-19-8-10-25-43(37)55/h1-28,30-31,40,52H,29H2. The van der Waals surface area contributed by atoms with Crippen LogP contribution in [0.2, 0.25) is 0 Å². The van der Waals surface area contributed by atoms with Crippen molar-refractivity contribution in [2.75, 3.05) is 0 Å². The van der Waals surface area contributed by atoms with E-state index in [-0.39, 0.29) is 11.8 Å². The molecule has 6 heteroatoms. The molecule has 7 aromatic carbocycles. The molecule has 1 aliphatic heterocycles. The molecule has 0 saturated heterocycles. The van der Waals surface area contributed by atoms with Crippen LogP contribution >= 0.6 is 11.8 Å². The number of fused-ring (bicyclic) bond motifs is 9. The number of hydrogen-bond donors (Lipinski definition) is 1. The minimum atomic E-state index is 0.134. The Kier molecular flexibility index (Phi) is 7.97. The van der Waals surface area contributed by atoms with E-state index in [0.29, 0.717) is 17.0 Å². The van der Waals surface area contributed by atoms with E-state index in [9.17, 15) is 0 Å². The molecule has 0 spiro atoms. The molecule has 0 fully saturated rings. The lowest BCUT2D eigenvalue weighted by molar-refractivity contribution is 0.666. The van der Waals surface area contributed by atoms with Crippen molar-refractivity contribution in [1.29, 1.82) is 5.41 Å². The second-order valence-electron chi connectivity index (χ2n) is 14.4. The summed E-state index contributed by atoms with van der Waals surface area (Å²) in [6.07, 6.45) is 7.44. The molecule has 1 atom stereocenters. The van der Waals surface area contributed by atoms with Gasteiger partial charge in [0, 0.05) is 49.7 Å². The summed E-state index contributed by atoms with van der Waals surface area (Å²) in [5.41, 5.74) is 11.3. The molecule has 2 aromatic heterocycles. The molecule has 0 saturated carbocycles. The SMILES string of the molecule is N=C(N=C(N=Cc1ccccc1)c1cccc2c1oc1c(C3=CCC4C(=C3)Sc3cccc(-n5c6ccccc6c6ccccc65)c34)cccc12)c1ccccc1. The minimum absolute atomic E-state index is 0.134. The van der Waals surface area contributed by atoms with Gasteiger partial charge in [0.25, 0.3) is 0 Å². The van der Waals surface area contributed by atoms with Crippen molar-refractivity contribution in [2.45, 2.75) is 17.2 Å². The van der Waals surface area contributed by atoms with Gasteiger partial charge in [-0.05, 0) is 64.4 Å². The Morgan fingerprint density at radius 2 is 1.32 bits per heavy atom. The quantitative estimate of drug-likeness (QED) is 0.141. The first-order valence-electron chi connectivity index (χ1n) is 19.2. The Morgan fingerprint density at radius 1 is 0.667 bits per heavy atom. The number of thioether (sulfide) groups is 1. The number of nitrogens with one attached hydrogen (secondary N) is 1. The lowest BCUT2D eigenvalue weighted by Gasteiger charge is -2.21. The number of aliphatic imine (C=N–C) groups is 2. The molecule has 2 aliphatic rings. The van der Waals surface area contributed by atoms with Gasteiger partial charge in [-0.1, -0.05) is 151 Å². The maximum absolute atomic E-state index is 8.90. The van der Waals surface area contributed by atoms with Crippen molar-refractivity contribution in [3.8, 4) is 5.69 Å². The zero-order chi connectivity index (χ0) is 37.9. The van der Waals surface area contributed by atoms with Crippen LogP contribution in [-0.2, 0) is 0 Å². The Hall–Kier alpha value is -7.02. The Labute approximate surface area is 333 Å². The highest BCUT2D eigenvalue weighted by molar-refractivity contribution is 8.03. The van der Waals surface area contributed by atoms with Gasteiger partial charge in [0.05, 0.1) is 22.3 Å². The average molecular weight is 751 g/mol. The normalized spacial score (nSPS) is 15.4. The van der Waals surface area contributed by atoms with Crippen molar-refractivity contribution in [3.63, 3.8) is 0 Å². The van der Waals surface area contributed by atoms with Crippen molar-refractivity contribution >= 4 is 79.0 Å². The molecule has 1 unspecified atom stereocenters. The highest BCUT2D eigenvalue weighted by Gasteiger charge is 2.34. The summed E-state index contributed by atoms with van der Waals surface area (Å²) in [6.45, 7) is 0. The van der Waals surface area contributed by atoms with E-state index in [1.54, 1.807) is 6.21 Å². The number of amidine groups is 2. The van der Waals surface area contributed by atoms with E-state index in [2.05, 4.69) is 108 Å². The predicted molar refractivity (Wildman–Crippen MR) is 238 cm³/mol. The van der Waals surface area contributed by atoms with Gasteiger partial charge in [-0.3, -0.25) is 5.41 Å². The average Bonchev–Trinajstić information content (AvgIpc) is 3.95. The van der Waals surface area contributed by atoms with E-state index in [1.807, 2.05) is 84.6 Å². The number of furan rings is 1. The maximum Gasteiger partial charge on any atom is 0.165 e. The molecule has 0 radical (unpaired) electrons. The highest BCUT2D eigenvalue weighted by Crippen LogP contribution is 2.56. The summed E-state index contributed by atoms with van der Waals surface area (Å²) < 4.78 is 9.37. The fraction of sp³-hybridized carbons (Fsp3) is 0.0392. The van der Waals surface area contributed by atoms with Gasteiger partial charge < -0.3 is 8.98 Å². The van der Waals surface area contributed by atoms with Crippen molar-refractivity contribution in [2.24, 2.45) is 9.98 Å². The van der Waals surface area contributed by atoms with E-state index < -0.39 is 0 Å². The Bertz CT molecular complexity index is 3150. The number of aromatic nitrogens is 1. The number of nitrogens with zero attached hydrogens (tertiary/aromatic N) is 3. The van der Waals surface area contributed by atoms with Crippen LogP contribution in [0.4, 0.5) is 0 Å². The van der Waals surface area contributed by atoms with Crippen LogP contribution < -0.4 is 0 Å². The van der Waals surface area contributed by atoms with Crippen LogP contribution in [0.15, 0.2) is 200 Å². The first kappa shape index (κ1) is 33.3. The molecule has 0 bridgehead atoms. The predicted octanol–water partition coefficient (Wildman–Crippen LogP) is 13.1. The smallest absolute Gasteiger partial charge is 0.165 e. The molecule has 5 nitrogen and oxygen atoms in total. The molecule has 270 valence electrons. The second-order valence-corrected chi connectivity index (χ2v) is 15.6. The Balaban J connectivity index is 0.999. The number of allylic oxidation sites excluding steroid dienone is 4. The van der Waals surface area contributed by atoms with Gasteiger partial charge in [-0.15, -0.1) is 0 Å². The number of para-hydroxylation sites is 4. The summed E-state index contributed by atoms with van der Waals surface area (Å²) in [5.74, 6) is 0.821. The number of hydrogen-bond acceptors (Lipinski definition) is 3. The van der Waals surface area contributed by atoms with Crippen LogP contribution in [-0.4, -0.2) is 22.5 Å². The molecule has 9 aromatic rings. The molecule has 1 N–H and O–H groups in total. The van der Waals surface area contributed by atoms with Gasteiger partial charge in [-0.2, -0.15) is 0 Å². The third kappa shape index (κ3) is 5.60. The zero-order valence-corrected chi connectivity index (χ0v) is 31.6. The third-order valence-electron chi connectivity index (χ3n) is 11.1. The summed E-state index contributed by atoms with van der Waals surface area (Å²) in [5, 5.41) is 13.5. The first-order valence-corrected chi connectivity index (χ1v) is 20.0. The molecule has 11 rings (SSSR count). The highest BCUT2D eigenvalue weighted by atomic mass is 32.2. The second kappa shape index (κ2) is 13.6.